The molecule has 0 fully saturated rings. The molecule has 0 aliphatic heterocycles. The van der Waals surface area contributed by atoms with Crippen LogP contribution in [0.25, 0.3) is 0 Å². The zero-order valence-electron chi connectivity index (χ0n) is 10.5. The second-order valence-corrected chi connectivity index (χ2v) is 5.25. The number of hydrogen-bond acceptors (Lipinski definition) is 3. The Morgan fingerprint density at radius 1 is 1.20 bits per heavy atom. The van der Waals surface area contributed by atoms with E-state index in [0.717, 1.165) is 12.1 Å². The molecule has 0 amide bonds. The van der Waals surface area contributed by atoms with Gasteiger partial charge in [-0.15, -0.1) is 0 Å². The zero-order valence-corrected chi connectivity index (χ0v) is 11.3. The van der Waals surface area contributed by atoms with Crippen molar-refractivity contribution in [1.82, 2.24) is 0 Å². The van der Waals surface area contributed by atoms with E-state index >= 15 is 0 Å². The number of thiophene rings is 1. The van der Waals surface area contributed by atoms with Gasteiger partial charge in [-0.05, 0) is 34.0 Å². The van der Waals surface area contributed by atoms with E-state index in [1.807, 2.05) is 0 Å². The largest absolute Gasteiger partial charge is 0.416 e. The van der Waals surface area contributed by atoms with Gasteiger partial charge < -0.3 is 10.8 Å². The van der Waals surface area contributed by atoms with Crippen LogP contribution in [0.1, 0.15) is 28.7 Å². The van der Waals surface area contributed by atoms with Gasteiger partial charge in [0.2, 0.25) is 0 Å². The monoisotopic (exact) mass is 301 g/mol. The van der Waals surface area contributed by atoms with Crippen molar-refractivity contribution >= 4 is 11.3 Å². The Labute approximate surface area is 118 Å². The molecular formula is C14H14F3NOS. The average molecular weight is 301 g/mol. The third kappa shape index (κ3) is 3.20. The van der Waals surface area contributed by atoms with Crippen molar-refractivity contribution in [2.45, 2.75) is 18.2 Å². The predicted octanol–water partition coefficient (Wildman–Crippen LogP) is 3.54. The van der Waals surface area contributed by atoms with E-state index in [2.05, 4.69) is 0 Å². The highest BCUT2D eigenvalue weighted by atomic mass is 32.1. The summed E-state index contributed by atoms with van der Waals surface area (Å²) in [5, 5.41) is 13.8. The van der Waals surface area contributed by atoms with Gasteiger partial charge in [-0.2, -0.15) is 24.5 Å². The van der Waals surface area contributed by atoms with Crippen molar-refractivity contribution in [3.8, 4) is 0 Å². The topological polar surface area (TPSA) is 46.2 Å². The SMILES string of the molecule is NCC(c1cccc(C(F)(F)F)c1)C(O)c1ccsc1. The maximum Gasteiger partial charge on any atom is 0.416 e. The molecule has 0 saturated heterocycles. The molecule has 1 heterocycles. The summed E-state index contributed by atoms with van der Waals surface area (Å²) in [5.41, 5.74) is 5.96. The van der Waals surface area contributed by atoms with E-state index in [4.69, 9.17) is 5.73 Å². The highest BCUT2D eigenvalue weighted by Crippen LogP contribution is 2.35. The van der Waals surface area contributed by atoms with Crippen molar-refractivity contribution in [3.05, 3.63) is 57.8 Å². The quantitative estimate of drug-likeness (QED) is 0.907. The van der Waals surface area contributed by atoms with Crippen LogP contribution in [0.15, 0.2) is 41.1 Å². The van der Waals surface area contributed by atoms with Gasteiger partial charge in [0.25, 0.3) is 0 Å². The average Bonchev–Trinajstić information content (AvgIpc) is 2.93. The Balaban J connectivity index is 2.32. The van der Waals surface area contributed by atoms with Crippen molar-refractivity contribution in [2.24, 2.45) is 5.73 Å². The van der Waals surface area contributed by atoms with E-state index in [-0.39, 0.29) is 6.54 Å². The first-order valence-corrected chi connectivity index (χ1v) is 6.95. The Bertz CT molecular complexity index is 554. The number of rotatable bonds is 4. The first kappa shape index (κ1) is 15.0. The maximum atomic E-state index is 12.7. The van der Waals surface area contributed by atoms with Crippen LogP contribution in [-0.2, 0) is 6.18 Å². The van der Waals surface area contributed by atoms with Crippen LogP contribution in [0.2, 0.25) is 0 Å². The standard InChI is InChI=1S/C14H14F3NOS/c15-14(16,17)11-3-1-2-9(6-11)12(7-18)13(19)10-4-5-20-8-10/h1-6,8,12-13,19H,7,18H2. The van der Waals surface area contributed by atoms with Gasteiger partial charge in [0.05, 0.1) is 11.7 Å². The van der Waals surface area contributed by atoms with Gasteiger partial charge in [-0.25, -0.2) is 0 Å². The number of alkyl halides is 3. The first-order chi connectivity index (χ1) is 9.43. The van der Waals surface area contributed by atoms with Crippen molar-refractivity contribution in [2.75, 3.05) is 6.54 Å². The molecule has 0 aliphatic carbocycles. The van der Waals surface area contributed by atoms with E-state index in [1.54, 1.807) is 22.9 Å². The molecular weight excluding hydrogens is 287 g/mol. The lowest BCUT2D eigenvalue weighted by molar-refractivity contribution is -0.137. The number of nitrogens with two attached hydrogens (primary N) is 1. The molecule has 2 rings (SSSR count). The smallest absolute Gasteiger partial charge is 0.388 e. The van der Waals surface area contributed by atoms with Gasteiger partial charge >= 0.3 is 6.18 Å². The molecule has 1 aromatic carbocycles. The molecule has 20 heavy (non-hydrogen) atoms. The summed E-state index contributed by atoms with van der Waals surface area (Å²) in [6.45, 7) is 0.0678. The highest BCUT2D eigenvalue weighted by molar-refractivity contribution is 7.07. The summed E-state index contributed by atoms with van der Waals surface area (Å²) in [4.78, 5) is 0. The van der Waals surface area contributed by atoms with E-state index in [9.17, 15) is 18.3 Å². The van der Waals surface area contributed by atoms with Crippen LogP contribution in [0.3, 0.4) is 0 Å². The Kier molecular flexibility index (Phi) is 4.47. The third-order valence-corrected chi connectivity index (χ3v) is 3.86. The molecule has 2 nitrogen and oxygen atoms in total. The fourth-order valence-electron chi connectivity index (χ4n) is 2.07. The van der Waals surface area contributed by atoms with E-state index in [1.165, 1.54) is 17.4 Å². The van der Waals surface area contributed by atoms with Gasteiger partial charge in [-0.1, -0.05) is 18.2 Å². The molecule has 108 valence electrons. The molecule has 0 spiro atoms. The normalized spacial score (nSPS) is 15.1. The minimum absolute atomic E-state index is 0.0678. The molecule has 0 saturated carbocycles. The molecule has 2 atom stereocenters. The van der Waals surface area contributed by atoms with Gasteiger partial charge in [0.1, 0.15) is 0 Å². The first-order valence-electron chi connectivity index (χ1n) is 6.01. The fourth-order valence-corrected chi connectivity index (χ4v) is 2.76. The molecule has 0 radical (unpaired) electrons. The predicted molar refractivity (Wildman–Crippen MR) is 72.5 cm³/mol. The Morgan fingerprint density at radius 3 is 2.50 bits per heavy atom. The van der Waals surface area contributed by atoms with Crippen LogP contribution >= 0.6 is 11.3 Å². The summed E-state index contributed by atoms with van der Waals surface area (Å²) in [6.07, 6.45) is -5.31. The number of benzene rings is 1. The van der Waals surface area contributed by atoms with Crippen molar-refractivity contribution in [1.29, 1.82) is 0 Å². The number of aliphatic hydroxyl groups is 1. The summed E-state index contributed by atoms with van der Waals surface area (Å²) in [5.74, 6) is -0.563. The van der Waals surface area contributed by atoms with Crippen LogP contribution in [0.5, 0.6) is 0 Å². The van der Waals surface area contributed by atoms with Crippen molar-refractivity contribution in [3.63, 3.8) is 0 Å². The summed E-state index contributed by atoms with van der Waals surface area (Å²) in [6, 6.07) is 6.69. The van der Waals surface area contributed by atoms with Crippen molar-refractivity contribution < 1.29 is 18.3 Å². The Morgan fingerprint density at radius 2 is 1.95 bits per heavy atom. The minimum atomic E-state index is -4.40. The lowest BCUT2D eigenvalue weighted by atomic mass is 9.89. The molecule has 1 aromatic heterocycles. The molecule has 0 bridgehead atoms. The minimum Gasteiger partial charge on any atom is -0.388 e. The zero-order chi connectivity index (χ0) is 14.8. The lowest BCUT2D eigenvalue weighted by Gasteiger charge is -2.22. The summed E-state index contributed by atoms with van der Waals surface area (Å²) >= 11 is 1.42. The number of halogens is 3. The van der Waals surface area contributed by atoms with Crippen LogP contribution < -0.4 is 5.73 Å². The second kappa shape index (κ2) is 5.95. The number of aliphatic hydroxyl groups excluding tert-OH is 1. The maximum absolute atomic E-state index is 12.7. The van der Waals surface area contributed by atoms with Crippen LogP contribution in [0, 0.1) is 0 Å². The van der Waals surface area contributed by atoms with E-state index in [0.29, 0.717) is 11.1 Å². The van der Waals surface area contributed by atoms with Crippen LogP contribution in [0.4, 0.5) is 13.2 Å². The molecule has 3 N–H and O–H groups in total. The molecule has 2 aromatic rings. The number of hydrogen-bond donors (Lipinski definition) is 2. The van der Waals surface area contributed by atoms with E-state index < -0.39 is 23.8 Å². The third-order valence-electron chi connectivity index (χ3n) is 3.16. The molecule has 0 aliphatic rings. The molecule has 6 heteroatoms. The van der Waals surface area contributed by atoms with Gasteiger partial charge in [0.15, 0.2) is 0 Å². The fraction of sp³-hybridized carbons (Fsp3) is 0.286. The Hall–Kier alpha value is -1.37. The summed E-state index contributed by atoms with van der Waals surface area (Å²) in [7, 11) is 0. The lowest BCUT2D eigenvalue weighted by Crippen LogP contribution is -2.20. The van der Waals surface area contributed by atoms with Gasteiger partial charge in [0, 0.05) is 12.5 Å². The highest BCUT2D eigenvalue weighted by Gasteiger charge is 2.31. The van der Waals surface area contributed by atoms with Gasteiger partial charge in [-0.3, -0.25) is 0 Å². The summed E-state index contributed by atoms with van der Waals surface area (Å²) < 4.78 is 38.2. The van der Waals surface area contributed by atoms with Crippen LogP contribution in [-0.4, -0.2) is 11.7 Å². The molecule has 2 unspecified atom stereocenters. The second-order valence-electron chi connectivity index (χ2n) is 4.47.